The second kappa shape index (κ2) is 8.99. The Hall–Kier alpha value is -1.05. The van der Waals surface area contributed by atoms with Crippen LogP contribution in [0.25, 0.3) is 0 Å². The van der Waals surface area contributed by atoms with E-state index in [9.17, 15) is 9.59 Å². The highest BCUT2D eigenvalue weighted by atomic mass is 32.2. The molecule has 0 fully saturated rings. The standard InChI is InChI=1S/C13H20N2O3S2/c1-9(11(8-16)19-2)15-12(17)5-6-14-13(18)10-4-3-7-20-10/h3-4,7,9,11,16H,5-6,8H2,1-2H3,(H,14,18)(H,15,17). The van der Waals surface area contributed by atoms with Gasteiger partial charge >= 0.3 is 0 Å². The lowest BCUT2D eigenvalue weighted by Crippen LogP contribution is -2.42. The molecule has 1 rings (SSSR count). The molecule has 0 saturated heterocycles. The lowest BCUT2D eigenvalue weighted by Gasteiger charge is -2.21. The first-order valence-corrected chi connectivity index (χ1v) is 8.50. The molecule has 1 heterocycles. The Morgan fingerprint density at radius 3 is 2.80 bits per heavy atom. The molecule has 2 amide bonds. The molecule has 3 N–H and O–H groups in total. The van der Waals surface area contributed by atoms with Crippen LogP contribution >= 0.6 is 23.1 Å². The number of rotatable bonds is 8. The van der Waals surface area contributed by atoms with Crippen molar-refractivity contribution in [3.63, 3.8) is 0 Å². The van der Waals surface area contributed by atoms with E-state index in [0.29, 0.717) is 11.4 Å². The van der Waals surface area contributed by atoms with Gasteiger partial charge in [-0.2, -0.15) is 11.8 Å². The molecule has 112 valence electrons. The maximum absolute atomic E-state index is 11.7. The van der Waals surface area contributed by atoms with Crippen molar-refractivity contribution in [2.24, 2.45) is 0 Å². The topological polar surface area (TPSA) is 78.4 Å². The van der Waals surface area contributed by atoms with Gasteiger partial charge in [0.15, 0.2) is 0 Å². The van der Waals surface area contributed by atoms with Crippen LogP contribution in [0.1, 0.15) is 23.0 Å². The fourth-order valence-electron chi connectivity index (χ4n) is 1.64. The fraction of sp³-hybridized carbons (Fsp3) is 0.538. The zero-order valence-electron chi connectivity index (χ0n) is 11.6. The summed E-state index contributed by atoms with van der Waals surface area (Å²) in [4.78, 5) is 24.0. The molecule has 1 aromatic heterocycles. The van der Waals surface area contributed by atoms with E-state index in [1.807, 2.05) is 24.6 Å². The predicted octanol–water partition coefficient (Wildman–Crippen LogP) is 1.10. The van der Waals surface area contributed by atoms with E-state index in [2.05, 4.69) is 10.6 Å². The van der Waals surface area contributed by atoms with Crippen LogP contribution in [0.3, 0.4) is 0 Å². The van der Waals surface area contributed by atoms with Crippen molar-refractivity contribution in [3.8, 4) is 0 Å². The molecule has 0 radical (unpaired) electrons. The third-order valence-electron chi connectivity index (χ3n) is 2.81. The van der Waals surface area contributed by atoms with Crippen molar-refractivity contribution in [2.75, 3.05) is 19.4 Å². The maximum Gasteiger partial charge on any atom is 0.261 e. The molecule has 0 aliphatic heterocycles. The van der Waals surface area contributed by atoms with E-state index in [4.69, 9.17) is 5.11 Å². The summed E-state index contributed by atoms with van der Waals surface area (Å²) in [6, 6.07) is 3.45. The Morgan fingerprint density at radius 1 is 1.50 bits per heavy atom. The lowest BCUT2D eigenvalue weighted by atomic mass is 10.2. The second-order valence-corrected chi connectivity index (χ2v) is 6.32. The van der Waals surface area contributed by atoms with Gasteiger partial charge < -0.3 is 15.7 Å². The molecule has 0 aliphatic carbocycles. The highest BCUT2D eigenvalue weighted by molar-refractivity contribution is 7.99. The van der Waals surface area contributed by atoms with Gasteiger partial charge in [-0.3, -0.25) is 9.59 Å². The number of carbonyl (C=O) groups excluding carboxylic acids is 2. The first-order valence-electron chi connectivity index (χ1n) is 6.33. The summed E-state index contributed by atoms with van der Waals surface area (Å²) < 4.78 is 0. The minimum absolute atomic E-state index is 0.0142. The molecule has 1 aromatic rings. The van der Waals surface area contributed by atoms with Gasteiger partial charge in [0.2, 0.25) is 5.91 Å². The van der Waals surface area contributed by atoms with Crippen LogP contribution < -0.4 is 10.6 Å². The first-order chi connectivity index (χ1) is 9.58. The minimum atomic E-state index is -0.154. The third kappa shape index (κ3) is 5.52. The zero-order valence-corrected chi connectivity index (χ0v) is 13.2. The van der Waals surface area contributed by atoms with Gasteiger partial charge in [-0.25, -0.2) is 0 Å². The molecule has 0 bridgehead atoms. The largest absolute Gasteiger partial charge is 0.395 e. The number of thiophene rings is 1. The zero-order chi connectivity index (χ0) is 15.0. The van der Waals surface area contributed by atoms with Gasteiger partial charge in [-0.05, 0) is 24.6 Å². The summed E-state index contributed by atoms with van der Waals surface area (Å²) in [5.41, 5.74) is 0. The van der Waals surface area contributed by atoms with E-state index < -0.39 is 0 Å². The summed E-state index contributed by atoms with van der Waals surface area (Å²) in [6.07, 6.45) is 2.12. The molecule has 0 aliphatic rings. The van der Waals surface area contributed by atoms with E-state index in [1.165, 1.54) is 23.1 Å². The van der Waals surface area contributed by atoms with Crippen molar-refractivity contribution < 1.29 is 14.7 Å². The van der Waals surface area contributed by atoms with Crippen molar-refractivity contribution in [2.45, 2.75) is 24.6 Å². The SMILES string of the molecule is CSC(CO)C(C)NC(=O)CCNC(=O)c1cccs1. The van der Waals surface area contributed by atoms with Crippen molar-refractivity contribution in [1.29, 1.82) is 0 Å². The summed E-state index contributed by atoms with van der Waals surface area (Å²) >= 11 is 2.88. The number of hydrogen-bond donors (Lipinski definition) is 3. The summed E-state index contributed by atoms with van der Waals surface area (Å²) in [5.74, 6) is -0.283. The third-order valence-corrected chi connectivity index (χ3v) is 4.84. The Labute approximate surface area is 127 Å². The maximum atomic E-state index is 11.7. The van der Waals surface area contributed by atoms with E-state index in [0.717, 1.165) is 0 Å². The fourth-order valence-corrected chi connectivity index (χ4v) is 2.91. The number of aliphatic hydroxyl groups is 1. The Morgan fingerprint density at radius 2 is 2.25 bits per heavy atom. The van der Waals surface area contributed by atoms with Crippen LogP contribution in [-0.4, -0.2) is 47.6 Å². The molecule has 2 atom stereocenters. The highest BCUT2D eigenvalue weighted by Crippen LogP contribution is 2.10. The van der Waals surface area contributed by atoms with Crippen LogP contribution in [0.5, 0.6) is 0 Å². The molecule has 2 unspecified atom stereocenters. The first kappa shape index (κ1) is 17.0. The normalized spacial score (nSPS) is 13.6. The van der Waals surface area contributed by atoms with Crippen LogP contribution in [0.2, 0.25) is 0 Å². The van der Waals surface area contributed by atoms with Gasteiger partial charge in [0.25, 0.3) is 5.91 Å². The quantitative estimate of drug-likeness (QED) is 0.671. The van der Waals surface area contributed by atoms with E-state index in [-0.39, 0.29) is 36.1 Å². The number of aliphatic hydroxyl groups excluding tert-OH is 1. The summed E-state index contributed by atoms with van der Waals surface area (Å²) in [6.45, 7) is 2.19. The number of amides is 2. The average molecular weight is 316 g/mol. The van der Waals surface area contributed by atoms with Crippen molar-refractivity contribution >= 4 is 34.9 Å². The number of nitrogens with one attached hydrogen (secondary N) is 2. The van der Waals surface area contributed by atoms with E-state index >= 15 is 0 Å². The second-order valence-electron chi connectivity index (χ2n) is 4.30. The number of thioether (sulfide) groups is 1. The van der Waals surface area contributed by atoms with Gasteiger partial charge in [0, 0.05) is 24.3 Å². The molecular formula is C13H20N2O3S2. The number of hydrogen-bond acceptors (Lipinski definition) is 5. The van der Waals surface area contributed by atoms with Gasteiger partial charge in [-0.1, -0.05) is 6.07 Å². The predicted molar refractivity (Wildman–Crippen MR) is 83.3 cm³/mol. The monoisotopic (exact) mass is 316 g/mol. The summed E-state index contributed by atoms with van der Waals surface area (Å²) in [7, 11) is 0. The minimum Gasteiger partial charge on any atom is -0.395 e. The smallest absolute Gasteiger partial charge is 0.261 e. The molecule has 5 nitrogen and oxygen atoms in total. The van der Waals surface area contributed by atoms with Gasteiger partial charge in [0.05, 0.1) is 11.5 Å². The van der Waals surface area contributed by atoms with Crippen LogP contribution in [0.4, 0.5) is 0 Å². The molecule has 0 aromatic carbocycles. The molecule has 0 saturated carbocycles. The van der Waals surface area contributed by atoms with Crippen LogP contribution in [0, 0.1) is 0 Å². The Balaban J connectivity index is 2.25. The van der Waals surface area contributed by atoms with Gasteiger partial charge in [0.1, 0.15) is 0 Å². The lowest BCUT2D eigenvalue weighted by molar-refractivity contribution is -0.121. The van der Waals surface area contributed by atoms with Crippen molar-refractivity contribution in [1.82, 2.24) is 10.6 Å². The van der Waals surface area contributed by atoms with Crippen molar-refractivity contribution in [3.05, 3.63) is 22.4 Å². The number of carbonyl (C=O) groups is 2. The van der Waals surface area contributed by atoms with Gasteiger partial charge in [-0.15, -0.1) is 11.3 Å². The highest BCUT2D eigenvalue weighted by Gasteiger charge is 2.17. The molecule has 0 spiro atoms. The summed E-state index contributed by atoms with van der Waals surface area (Å²) in [5, 5.41) is 16.5. The Bertz CT molecular complexity index is 419. The molecular weight excluding hydrogens is 296 g/mol. The van der Waals surface area contributed by atoms with Crippen LogP contribution in [0.15, 0.2) is 17.5 Å². The average Bonchev–Trinajstić information content (AvgIpc) is 2.93. The Kier molecular flexibility index (Phi) is 7.64. The van der Waals surface area contributed by atoms with E-state index in [1.54, 1.807) is 6.07 Å². The molecule has 7 heteroatoms. The van der Waals surface area contributed by atoms with Crippen LogP contribution in [-0.2, 0) is 4.79 Å². The molecule has 20 heavy (non-hydrogen) atoms.